The molecule has 3 aromatic carbocycles. The number of benzene rings is 3. The van der Waals surface area contributed by atoms with Gasteiger partial charge in [-0.15, -0.1) is 0 Å². The summed E-state index contributed by atoms with van der Waals surface area (Å²) in [7, 11) is -3.38. The predicted octanol–water partition coefficient (Wildman–Crippen LogP) is 5.72. The Balaban J connectivity index is 1.46. The summed E-state index contributed by atoms with van der Waals surface area (Å²) >= 11 is 3.36. The fourth-order valence-electron chi connectivity index (χ4n) is 2.96. The summed E-state index contributed by atoms with van der Waals surface area (Å²) < 4.78 is 25.8. The van der Waals surface area contributed by atoms with Crippen LogP contribution in [-0.2, 0) is 15.6 Å². The van der Waals surface area contributed by atoms with Crippen molar-refractivity contribution in [1.82, 2.24) is 9.97 Å². The van der Waals surface area contributed by atoms with Crippen molar-refractivity contribution >= 4 is 54.3 Å². The lowest BCUT2D eigenvalue weighted by molar-refractivity contribution is 0.604. The number of nitrogens with one attached hydrogen (secondary N) is 1. The molecule has 0 amide bonds. The molecule has 5 nitrogen and oxygen atoms in total. The summed E-state index contributed by atoms with van der Waals surface area (Å²) in [6, 6.07) is 22.5. The van der Waals surface area contributed by atoms with E-state index in [9.17, 15) is 8.42 Å². The Bertz CT molecular complexity index is 1300. The standard InChI is InChI=1S/C23H18BrN3O2S/c24-19-9-5-17(6-10-19)13-14-30(28,29)15-18-7-11-20(12-8-18)27-23-21-3-1-2-4-22(21)25-16-26-23/h1-14,16H,15H2,(H,25,26,27)/b14-13+. The fourth-order valence-corrected chi connectivity index (χ4v) is 4.34. The summed E-state index contributed by atoms with van der Waals surface area (Å²) in [6.07, 6.45) is 3.13. The van der Waals surface area contributed by atoms with Gasteiger partial charge in [0.2, 0.25) is 0 Å². The van der Waals surface area contributed by atoms with Crippen LogP contribution in [-0.4, -0.2) is 18.4 Å². The Morgan fingerprint density at radius 2 is 1.63 bits per heavy atom. The van der Waals surface area contributed by atoms with E-state index in [-0.39, 0.29) is 5.75 Å². The SMILES string of the molecule is O=S(=O)(/C=C/c1ccc(Br)cc1)Cc1ccc(Nc2ncnc3ccccc23)cc1. The first-order valence-electron chi connectivity index (χ1n) is 9.21. The zero-order valence-electron chi connectivity index (χ0n) is 15.9. The van der Waals surface area contributed by atoms with Gasteiger partial charge in [-0.1, -0.05) is 52.3 Å². The van der Waals surface area contributed by atoms with Crippen molar-refractivity contribution < 1.29 is 8.42 Å². The highest BCUT2D eigenvalue weighted by Crippen LogP contribution is 2.23. The van der Waals surface area contributed by atoms with E-state index >= 15 is 0 Å². The number of halogens is 1. The highest BCUT2D eigenvalue weighted by Gasteiger charge is 2.09. The molecule has 0 aliphatic heterocycles. The lowest BCUT2D eigenvalue weighted by Gasteiger charge is -2.09. The van der Waals surface area contributed by atoms with Crippen LogP contribution in [0.25, 0.3) is 17.0 Å². The van der Waals surface area contributed by atoms with Gasteiger partial charge in [0.05, 0.1) is 11.3 Å². The first-order valence-corrected chi connectivity index (χ1v) is 11.7. The Kier molecular flexibility index (Phi) is 5.92. The second kappa shape index (κ2) is 8.77. The van der Waals surface area contributed by atoms with Crippen LogP contribution in [0.3, 0.4) is 0 Å². The topological polar surface area (TPSA) is 72.0 Å². The van der Waals surface area contributed by atoms with Gasteiger partial charge in [0.25, 0.3) is 0 Å². The van der Waals surface area contributed by atoms with Crippen LogP contribution in [0.1, 0.15) is 11.1 Å². The minimum Gasteiger partial charge on any atom is -0.340 e. The van der Waals surface area contributed by atoms with E-state index < -0.39 is 9.84 Å². The highest BCUT2D eigenvalue weighted by atomic mass is 79.9. The van der Waals surface area contributed by atoms with Crippen LogP contribution in [0.5, 0.6) is 0 Å². The third-order valence-corrected chi connectivity index (χ3v) is 6.28. The maximum Gasteiger partial charge on any atom is 0.175 e. The van der Waals surface area contributed by atoms with Crippen molar-refractivity contribution in [2.24, 2.45) is 0 Å². The third kappa shape index (κ3) is 5.11. The molecule has 0 saturated heterocycles. The van der Waals surface area contributed by atoms with E-state index in [1.54, 1.807) is 18.2 Å². The minimum absolute atomic E-state index is 0.0588. The van der Waals surface area contributed by atoms with Gasteiger partial charge in [0.1, 0.15) is 12.1 Å². The first-order chi connectivity index (χ1) is 14.5. The van der Waals surface area contributed by atoms with Crippen molar-refractivity contribution in [2.45, 2.75) is 5.75 Å². The van der Waals surface area contributed by atoms with Gasteiger partial charge in [0, 0.05) is 21.0 Å². The number of para-hydroxylation sites is 1. The molecule has 4 rings (SSSR count). The second-order valence-corrected chi connectivity index (χ2v) is 9.53. The van der Waals surface area contributed by atoms with E-state index in [0.717, 1.165) is 26.6 Å². The van der Waals surface area contributed by atoms with Gasteiger partial charge in [-0.05, 0) is 53.6 Å². The summed E-state index contributed by atoms with van der Waals surface area (Å²) in [4.78, 5) is 8.57. The molecule has 0 bridgehead atoms. The van der Waals surface area contributed by atoms with Crippen molar-refractivity contribution in [3.05, 3.63) is 100 Å². The number of aromatic nitrogens is 2. The molecular weight excluding hydrogens is 462 g/mol. The molecule has 0 aliphatic rings. The molecule has 0 atom stereocenters. The molecule has 1 aromatic heterocycles. The second-order valence-electron chi connectivity index (χ2n) is 6.72. The van der Waals surface area contributed by atoms with E-state index in [0.29, 0.717) is 11.4 Å². The van der Waals surface area contributed by atoms with Gasteiger partial charge in [-0.25, -0.2) is 18.4 Å². The highest BCUT2D eigenvalue weighted by molar-refractivity contribution is 9.10. The summed E-state index contributed by atoms with van der Waals surface area (Å²) in [6.45, 7) is 0. The normalized spacial score (nSPS) is 11.8. The molecule has 0 fully saturated rings. The zero-order valence-corrected chi connectivity index (χ0v) is 18.3. The molecule has 0 aliphatic carbocycles. The molecule has 30 heavy (non-hydrogen) atoms. The fraction of sp³-hybridized carbons (Fsp3) is 0.0435. The van der Waals surface area contributed by atoms with Gasteiger partial charge in [-0.2, -0.15) is 0 Å². The Morgan fingerprint density at radius 3 is 2.40 bits per heavy atom. The predicted molar refractivity (Wildman–Crippen MR) is 125 cm³/mol. The quantitative estimate of drug-likeness (QED) is 0.382. The Morgan fingerprint density at radius 1 is 0.900 bits per heavy atom. The minimum atomic E-state index is -3.38. The van der Waals surface area contributed by atoms with E-state index in [1.165, 1.54) is 11.7 Å². The number of rotatable bonds is 6. The van der Waals surface area contributed by atoms with Crippen LogP contribution >= 0.6 is 15.9 Å². The van der Waals surface area contributed by atoms with Crippen LogP contribution in [0.15, 0.2) is 89.0 Å². The summed E-state index contributed by atoms with van der Waals surface area (Å²) in [5.74, 6) is 0.648. The zero-order chi connectivity index (χ0) is 21.0. The smallest absolute Gasteiger partial charge is 0.175 e. The lowest BCUT2D eigenvalue weighted by Crippen LogP contribution is -2.00. The van der Waals surface area contributed by atoms with Gasteiger partial charge >= 0.3 is 0 Å². The maximum absolute atomic E-state index is 12.4. The lowest BCUT2D eigenvalue weighted by atomic mass is 10.2. The molecule has 0 radical (unpaired) electrons. The van der Waals surface area contributed by atoms with Gasteiger partial charge < -0.3 is 5.32 Å². The average Bonchev–Trinajstić information content (AvgIpc) is 2.75. The van der Waals surface area contributed by atoms with Crippen LogP contribution < -0.4 is 5.32 Å². The van der Waals surface area contributed by atoms with Crippen LogP contribution in [0, 0.1) is 0 Å². The number of nitrogens with zero attached hydrogens (tertiary/aromatic N) is 2. The number of anilines is 2. The number of fused-ring (bicyclic) bond motifs is 1. The largest absolute Gasteiger partial charge is 0.340 e. The van der Waals surface area contributed by atoms with Gasteiger partial charge in [0.15, 0.2) is 9.84 Å². The van der Waals surface area contributed by atoms with Crippen molar-refractivity contribution in [1.29, 1.82) is 0 Å². The molecule has 1 heterocycles. The van der Waals surface area contributed by atoms with E-state index in [4.69, 9.17) is 0 Å². The number of hydrogen-bond donors (Lipinski definition) is 1. The molecule has 0 unspecified atom stereocenters. The van der Waals surface area contributed by atoms with Crippen molar-refractivity contribution in [2.75, 3.05) is 5.32 Å². The Labute approximate surface area is 183 Å². The molecule has 7 heteroatoms. The van der Waals surface area contributed by atoms with Crippen molar-refractivity contribution in [3.8, 4) is 0 Å². The van der Waals surface area contributed by atoms with Gasteiger partial charge in [-0.3, -0.25) is 0 Å². The van der Waals surface area contributed by atoms with Crippen LogP contribution in [0.2, 0.25) is 0 Å². The molecule has 0 spiro atoms. The van der Waals surface area contributed by atoms with Crippen LogP contribution in [0.4, 0.5) is 11.5 Å². The van der Waals surface area contributed by atoms with E-state index in [1.807, 2.05) is 60.7 Å². The third-order valence-electron chi connectivity index (χ3n) is 4.47. The molecule has 4 aromatic rings. The molecular formula is C23H18BrN3O2S. The molecule has 0 saturated carbocycles. The molecule has 1 N–H and O–H groups in total. The number of hydrogen-bond acceptors (Lipinski definition) is 5. The Hall–Kier alpha value is -3.03. The number of sulfone groups is 1. The first kappa shape index (κ1) is 20.3. The summed E-state index contributed by atoms with van der Waals surface area (Å²) in [5, 5.41) is 5.45. The maximum atomic E-state index is 12.4. The molecule has 150 valence electrons. The van der Waals surface area contributed by atoms with Crippen molar-refractivity contribution in [3.63, 3.8) is 0 Å². The van der Waals surface area contributed by atoms with E-state index in [2.05, 4.69) is 31.2 Å². The average molecular weight is 480 g/mol. The monoisotopic (exact) mass is 479 g/mol. The summed E-state index contributed by atoms with van der Waals surface area (Å²) in [5.41, 5.74) is 3.23.